The van der Waals surface area contributed by atoms with Crippen LogP contribution in [-0.4, -0.2) is 9.97 Å². The number of thiophene rings is 1. The molecule has 3 nitrogen and oxygen atoms in total. The standard InChI is InChI=1S/C32H30N2OS/c1-19(2)12-23-18-36-30-15-20(6-7-25(23)30)27-16-29(34-31-26(27)9-11-35-31)21-13-22-17-33-10-8-24(22)28(14-21)32(3,4)5/h6-11,13-19H,12H2,1-5H3. The highest BCUT2D eigenvalue weighted by Crippen LogP contribution is 2.39. The van der Waals surface area contributed by atoms with Gasteiger partial charge in [0, 0.05) is 33.4 Å². The zero-order valence-corrected chi connectivity index (χ0v) is 22.2. The smallest absolute Gasteiger partial charge is 0.227 e. The van der Waals surface area contributed by atoms with Gasteiger partial charge in [-0.1, -0.05) is 46.8 Å². The largest absolute Gasteiger partial charge is 0.446 e. The molecule has 0 spiro atoms. The Kier molecular flexibility index (Phi) is 5.45. The van der Waals surface area contributed by atoms with Crippen molar-refractivity contribution in [3.63, 3.8) is 0 Å². The molecular weight excluding hydrogens is 460 g/mol. The number of aromatic nitrogens is 2. The maximum atomic E-state index is 5.84. The second-order valence-electron chi connectivity index (χ2n) is 11.1. The molecule has 0 saturated heterocycles. The van der Waals surface area contributed by atoms with Crippen molar-refractivity contribution < 1.29 is 4.42 Å². The molecule has 4 heteroatoms. The second kappa shape index (κ2) is 8.56. The Morgan fingerprint density at radius 1 is 0.917 bits per heavy atom. The Morgan fingerprint density at radius 3 is 2.58 bits per heavy atom. The zero-order chi connectivity index (χ0) is 25.0. The summed E-state index contributed by atoms with van der Waals surface area (Å²) in [7, 11) is 0. The van der Waals surface area contributed by atoms with Gasteiger partial charge in [0.25, 0.3) is 0 Å². The van der Waals surface area contributed by atoms with Gasteiger partial charge in [-0.2, -0.15) is 0 Å². The molecular formula is C32H30N2OS. The maximum Gasteiger partial charge on any atom is 0.227 e. The molecule has 0 saturated carbocycles. The van der Waals surface area contributed by atoms with Crippen molar-refractivity contribution >= 4 is 43.3 Å². The van der Waals surface area contributed by atoms with E-state index >= 15 is 0 Å². The van der Waals surface area contributed by atoms with Crippen LogP contribution in [0.5, 0.6) is 0 Å². The van der Waals surface area contributed by atoms with Gasteiger partial charge in [-0.15, -0.1) is 11.3 Å². The van der Waals surface area contributed by atoms with E-state index in [-0.39, 0.29) is 5.41 Å². The average Bonchev–Trinajstić information content (AvgIpc) is 3.48. The van der Waals surface area contributed by atoms with Crippen LogP contribution >= 0.6 is 11.3 Å². The summed E-state index contributed by atoms with van der Waals surface area (Å²) in [5.41, 5.74) is 7.72. The quantitative estimate of drug-likeness (QED) is 0.247. The predicted molar refractivity (Wildman–Crippen MR) is 153 cm³/mol. The summed E-state index contributed by atoms with van der Waals surface area (Å²) in [6.07, 6.45) is 6.66. The van der Waals surface area contributed by atoms with Crippen molar-refractivity contribution in [1.82, 2.24) is 9.97 Å². The molecule has 0 atom stereocenters. The van der Waals surface area contributed by atoms with Gasteiger partial charge in [0.2, 0.25) is 5.71 Å². The molecule has 0 unspecified atom stereocenters. The Bertz CT molecular complexity index is 1730. The van der Waals surface area contributed by atoms with Crippen LogP contribution in [0.4, 0.5) is 0 Å². The van der Waals surface area contributed by atoms with Gasteiger partial charge in [-0.3, -0.25) is 4.98 Å². The summed E-state index contributed by atoms with van der Waals surface area (Å²) in [5, 5.41) is 7.08. The van der Waals surface area contributed by atoms with Gasteiger partial charge in [-0.25, -0.2) is 4.98 Å². The predicted octanol–water partition coefficient (Wildman–Crippen LogP) is 9.42. The van der Waals surface area contributed by atoms with Crippen molar-refractivity contribution in [2.75, 3.05) is 0 Å². The zero-order valence-electron chi connectivity index (χ0n) is 21.4. The molecule has 0 radical (unpaired) electrons. The van der Waals surface area contributed by atoms with E-state index in [1.54, 1.807) is 6.26 Å². The number of nitrogens with zero attached hydrogens (tertiary/aromatic N) is 2. The van der Waals surface area contributed by atoms with Crippen molar-refractivity contribution in [2.45, 2.75) is 46.5 Å². The lowest BCUT2D eigenvalue weighted by Gasteiger charge is -2.22. The molecule has 4 aromatic heterocycles. The molecule has 36 heavy (non-hydrogen) atoms. The number of hydrogen-bond acceptors (Lipinski definition) is 4. The highest BCUT2D eigenvalue weighted by atomic mass is 32.1. The van der Waals surface area contributed by atoms with Gasteiger partial charge in [0.05, 0.1) is 12.0 Å². The van der Waals surface area contributed by atoms with Crippen LogP contribution in [0.2, 0.25) is 0 Å². The first-order valence-corrected chi connectivity index (χ1v) is 13.4. The molecule has 0 aliphatic rings. The normalized spacial score (nSPS) is 12.4. The van der Waals surface area contributed by atoms with E-state index in [0.717, 1.165) is 34.0 Å². The first-order valence-electron chi connectivity index (χ1n) is 12.6. The number of pyridine rings is 2. The van der Waals surface area contributed by atoms with E-state index in [1.807, 2.05) is 29.8 Å². The van der Waals surface area contributed by atoms with E-state index in [1.165, 1.54) is 32.2 Å². The van der Waals surface area contributed by atoms with E-state index in [9.17, 15) is 0 Å². The van der Waals surface area contributed by atoms with Crippen molar-refractivity contribution in [2.24, 2.45) is 5.92 Å². The van der Waals surface area contributed by atoms with E-state index in [2.05, 4.69) is 87.4 Å². The summed E-state index contributed by atoms with van der Waals surface area (Å²) in [4.78, 5) is 9.32. The lowest BCUT2D eigenvalue weighted by Crippen LogP contribution is -2.12. The Morgan fingerprint density at radius 2 is 1.78 bits per heavy atom. The van der Waals surface area contributed by atoms with Crippen LogP contribution in [0, 0.1) is 5.92 Å². The van der Waals surface area contributed by atoms with Gasteiger partial charge >= 0.3 is 0 Å². The van der Waals surface area contributed by atoms with Gasteiger partial charge in [-0.05, 0) is 92.6 Å². The number of fused-ring (bicyclic) bond motifs is 3. The number of benzene rings is 2. The highest BCUT2D eigenvalue weighted by Gasteiger charge is 2.20. The van der Waals surface area contributed by atoms with Crippen molar-refractivity contribution in [3.05, 3.63) is 83.7 Å². The van der Waals surface area contributed by atoms with Crippen LogP contribution in [0.15, 0.2) is 77.0 Å². The molecule has 0 aliphatic carbocycles. The maximum absolute atomic E-state index is 5.84. The van der Waals surface area contributed by atoms with Crippen molar-refractivity contribution in [1.29, 1.82) is 0 Å². The van der Waals surface area contributed by atoms with E-state index in [4.69, 9.17) is 9.40 Å². The lowest BCUT2D eigenvalue weighted by atomic mass is 9.82. The third-order valence-corrected chi connectivity index (χ3v) is 7.88. The van der Waals surface area contributed by atoms with E-state index < -0.39 is 0 Å². The molecule has 0 fully saturated rings. The Balaban J connectivity index is 1.54. The number of hydrogen-bond donors (Lipinski definition) is 0. The van der Waals surface area contributed by atoms with Gasteiger partial charge in [0.1, 0.15) is 0 Å². The van der Waals surface area contributed by atoms with Crippen molar-refractivity contribution in [3.8, 4) is 22.4 Å². The summed E-state index contributed by atoms with van der Waals surface area (Å²) in [6.45, 7) is 11.3. The fraction of sp³-hybridized carbons (Fsp3) is 0.250. The molecule has 6 aromatic rings. The minimum absolute atomic E-state index is 0.00880. The fourth-order valence-corrected chi connectivity index (χ4v) is 6.18. The van der Waals surface area contributed by atoms with Crippen LogP contribution in [0.3, 0.4) is 0 Å². The summed E-state index contributed by atoms with van der Waals surface area (Å²) >= 11 is 1.83. The van der Waals surface area contributed by atoms with Crippen LogP contribution in [0.1, 0.15) is 45.7 Å². The average molecular weight is 491 g/mol. The molecule has 4 heterocycles. The van der Waals surface area contributed by atoms with Gasteiger partial charge < -0.3 is 4.42 Å². The number of furan rings is 1. The fourth-order valence-electron chi connectivity index (χ4n) is 5.16. The molecule has 0 bridgehead atoms. The third kappa shape index (κ3) is 4.00. The summed E-state index contributed by atoms with van der Waals surface area (Å²) in [5.74, 6) is 0.644. The minimum Gasteiger partial charge on any atom is -0.446 e. The lowest BCUT2D eigenvalue weighted by molar-refractivity contribution is 0.596. The molecule has 2 aromatic carbocycles. The molecule has 0 N–H and O–H groups in total. The van der Waals surface area contributed by atoms with Crippen LogP contribution in [0.25, 0.3) is 54.3 Å². The monoisotopic (exact) mass is 490 g/mol. The Labute approximate surface area is 215 Å². The molecule has 6 rings (SSSR count). The molecule has 0 aliphatic heterocycles. The molecule has 0 amide bonds. The SMILES string of the molecule is CC(C)Cc1csc2cc(-c3cc(-c4cc(C(C)(C)C)c5ccncc5c4)nc4occc34)ccc12. The third-order valence-electron chi connectivity index (χ3n) is 6.89. The van der Waals surface area contributed by atoms with Crippen LogP contribution < -0.4 is 0 Å². The minimum atomic E-state index is -0.00880. The number of rotatable bonds is 4. The summed E-state index contributed by atoms with van der Waals surface area (Å²) in [6, 6.07) is 17.7. The Hall–Kier alpha value is -3.50. The van der Waals surface area contributed by atoms with Crippen LogP contribution in [-0.2, 0) is 11.8 Å². The van der Waals surface area contributed by atoms with E-state index in [0.29, 0.717) is 11.6 Å². The highest BCUT2D eigenvalue weighted by molar-refractivity contribution is 7.17. The topological polar surface area (TPSA) is 38.9 Å². The first kappa shape index (κ1) is 22.9. The molecule has 180 valence electrons. The van der Waals surface area contributed by atoms with Gasteiger partial charge in [0.15, 0.2) is 0 Å². The first-order chi connectivity index (χ1) is 17.3. The second-order valence-corrected chi connectivity index (χ2v) is 12.0. The summed E-state index contributed by atoms with van der Waals surface area (Å²) < 4.78 is 7.17.